The summed E-state index contributed by atoms with van der Waals surface area (Å²) >= 11 is 0. The summed E-state index contributed by atoms with van der Waals surface area (Å²) in [5, 5.41) is 14.5. The minimum absolute atomic E-state index is 0.133. The van der Waals surface area contributed by atoms with E-state index in [0.29, 0.717) is 40.1 Å². The van der Waals surface area contributed by atoms with Crippen molar-refractivity contribution >= 4 is 46.3 Å². The number of carbonyl (C=O) groups excluding carboxylic acids is 2. The molecule has 0 atom stereocenters. The Kier molecular flexibility index (Phi) is 5.20. The van der Waals surface area contributed by atoms with Gasteiger partial charge in [0.2, 0.25) is 5.91 Å². The van der Waals surface area contributed by atoms with Gasteiger partial charge in [0.05, 0.1) is 29.0 Å². The molecule has 0 unspecified atom stereocenters. The number of aromatic nitrogens is 2. The predicted molar refractivity (Wildman–Crippen MR) is 113 cm³/mol. The fraction of sp³-hybridized carbons (Fsp3) is 0.0500. The molecule has 1 aromatic heterocycles. The third-order valence-corrected chi connectivity index (χ3v) is 4.22. The summed E-state index contributed by atoms with van der Waals surface area (Å²) in [6.45, 7) is 0. The van der Waals surface area contributed by atoms with Crippen molar-refractivity contribution in [1.29, 1.82) is 0 Å². The maximum Gasteiger partial charge on any atom is 0.250 e. The number of nitrogens with one attached hydrogen (secondary N) is 4. The lowest BCUT2D eigenvalue weighted by Gasteiger charge is -2.11. The largest absolute Gasteiger partial charge is 0.366 e. The van der Waals surface area contributed by atoms with Crippen LogP contribution in [0.1, 0.15) is 16.8 Å². The van der Waals surface area contributed by atoms with Crippen molar-refractivity contribution in [3.8, 4) is 0 Å². The van der Waals surface area contributed by atoms with Crippen LogP contribution in [-0.4, -0.2) is 27.8 Å². The SMILES string of the molecule is NC(=O)c1ccccc1Nc1ccc(Nc2ccccc2N=C2CC(=O)NN2)nn1. The summed E-state index contributed by atoms with van der Waals surface area (Å²) in [5.41, 5.74) is 12.9. The molecule has 10 heteroatoms. The number of benzene rings is 2. The van der Waals surface area contributed by atoms with E-state index in [9.17, 15) is 9.59 Å². The summed E-state index contributed by atoms with van der Waals surface area (Å²) in [6.07, 6.45) is 0.196. The van der Waals surface area contributed by atoms with Crippen molar-refractivity contribution in [2.45, 2.75) is 6.42 Å². The van der Waals surface area contributed by atoms with E-state index < -0.39 is 5.91 Å². The number of aliphatic imine (C=N–C) groups is 1. The minimum Gasteiger partial charge on any atom is -0.366 e. The number of rotatable bonds is 6. The van der Waals surface area contributed by atoms with Crippen molar-refractivity contribution in [2.75, 3.05) is 10.6 Å². The third-order valence-electron chi connectivity index (χ3n) is 4.22. The van der Waals surface area contributed by atoms with Crippen molar-refractivity contribution in [3.05, 3.63) is 66.2 Å². The first kappa shape index (κ1) is 18.9. The van der Waals surface area contributed by atoms with E-state index in [1.54, 1.807) is 36.4 Å². The van der Waals surface area contributed by atoms with Crippen LogP contribution >= 0.6 is 0 Å². The molecule has 2 heterocycles. The Morgan fingerprint density at radius 1 is 0.900 bits per heavy atom. The fourth-order valence-electron chi connectivity index (χ4n) is 2.82. The zero-order valence-electron chi connectivity index (χ0n) is 15.7. The van der Waals surface area contributed by atoms with Gasteiger partial charge in [0, 0.05) is 0 Å². The van der Waals surface area contributed by atoms with E-state index in [2.05, 4.69) is 36.7 Å². The molecule has 150 valence electrons. The maximum atomic E-state index is 11.5. The molecular formula is C20H18N8O2. The number of para-hydroxylation sites is 3. The second kappa shape index (κ2) is 8.27. The molecule has 0 spiro atoms. The van der Waals surface area contributed by atoms with Gasteiger partial charge in [-0.1, -0.05) is 24.3 Å². The Labute approximate surface area is 171 Å². The molecule has 1 fully saturated rings. The second-order valence-corrected chi connectivity index (χ2v) is 6.39. The number of anilines is 4. The first-order valence-electron chi connectivity index (χ1n) is 9.06. The molecule has 1 aliphatic rings. The highest BCUT2D eigenvalue weighted by Crippen LogP contribution is 2.28. The zero-order valence-corrected chi connectivity index (χ0v) is 15.7. The monoisotopic (exact) mass is 402 g/mol. The van der Waals surface area contributed by atoms with E-state index in [1.807, 2.05) is 24.3 Å². The third kappa shape index (κ3) is 4.33. The highest BCUT2D eigenvalue weighted by atomic mass is 16.2. The van der Waals surface area contributed by atoms with Gasteiger partial charge in [-0.3, -0.25) is 20.4 Å². The maximum absolute atomic E-state index is 11.5. The molecule has 3 aromatic rings. The number of nitrogens with zero attached hydrogens (tertiary/aromatic N) is 3. The molecule has 0 saturated carbocycles. The van der Waals surface area contributed by atoms with Gasteiger partial charge >= 0.3 is 0 Å². The van der Waals surface area contributed by atoms with Crippen LogP contribution in [0, 0.1) is 0 Å². The number of amidine groups is 1. The van der Waals surface area contributed by atoms with Gasteiger partial charge in [0.15, 0.2) is 11.6 Å². The van der Waals surface area contributed by atoms with Gasteiger partial charge in [-0.25, -0.2) is 4.99 Å². The first-order chi connectivity index (χ1) is 14.6. The van der Waals surface area contributed by atoms with Crippen LogP contribution in [0.15, 0.2) is 65.7 Å². The number of hydrogen-bond acceptors (Lipinski definition) is 7. The predicted octanol–water partition coefficient (Wildman–Crippen LogP) is 2.12. The minimum atomic E-state index is -0.531. The van der Waals surface area contributed by atoms with Gasteiger partial charge in [0.1, 0.15) is 5.84 Å². The second-order valence-electron chi connectivity index (χ2n) is 6.39. The van der Waals surface area contributed by atoms with E-state index in [4.69, 9.17) is 5.73 Å². The van der Waals surface area contributed by atoms with Gasteiger partial charge in [-0.2, -0.15) is 0 Å². The van der Waals surface area contributed by atoms with E-state index in [0.717, 1.165) is 0 Å². The van der Waals surface area contributed by atoms with Crippen molar-refractivity contribution < 1.29 is 9.59 Å². The lowest BCUT2D eigenvalue weighted by atomic mass is 10.1. The molecule has 1 saturated heterocycles. The van der Waals surface area contributed by atoms with Crippen LogP contribution in [-0.2, 0) is 4.79 Å². The molecule has 30 heavy (non-hydrogen) atoms. The van der Waals surface area contributed by atoms with Gasteiger partial charge in [-0.05, 0) is 36.4 Å². The average Bonchev–Trinajstić information content (AvgIpc) is 3.16. The highest BCUT2D eigenvalue weighted by Gasteiger charge is 2.16. The van der Waals surface area contributed by atoms with E-state index in [-0.39, 0.29) is 12.3 Å². The molecular weight excluding hydrogens is 384 g/mol. The Bertz CT molecular complexity index is 1130. The normalized spacial score (nSPS) is 14.1. The van der Waals surface area contributed by atoms with Crippen LogP contribution in [0.3, 0.4) is 0 Å². The molecule has 0 radical (unpaired) electrons. The topological polar surface area (TPSA) is 146 Å². The molecule has 2 aromatic carbocycles. The summed E-state index contributed by atoms with van der Waals surface area (Å²) in [5.74, 6) is 0.836. The van der Waals surface area contributed by atoms with Gasteiger partial charge in [-0.15, -0.1) is 10.2 Å². The average molecular weight is 402 g/mol. The van der Waals surface area contributed by atoms with Crippen LogP contribution in [0.5, 0.6) is 0 Å². The molecule has 10 nitrogen and oxygen atoms in total. The molecule has 0 bridgehead atoms. The summed E-state index contributed by atoms with van der Waals surface area (Å²) in [4.78, 5) is 27.3. The van der Waals surface area contributed by atoms with Gasteiger partial charge < -0.3 is 16.4 Å². The fourth-order valence-corrected chi connectivity index (χ4v) is 2.82. The summed E-state index contributed by atoms with van der Waals surface area (Å²) in [6, 6.07) is 17.7. The van der Waals surface area contributed by atoms with Crippen LogP contribution in [0.4, 0.5) is 28.7 Å². The Morgan fingerprint density at radius 2 is 1.53 bits per heavy atom. The van der Waals surface area contributed by atoms with Crippen LogP contribution < -0.4 is 27.2 Å². The highest BCUT2D eigenvalue weighted by molar-refractivity contribution is 6.06. The molecule has 0 aliphatic carbocycles. The van der Waals surface area contributed by atoms with Gasteiger partial charge in [0.25, 0.3) is 5.91 Å². The Morgan fingerprint density at radius 3 is 2.17 bits per heavy atom. The van der Waals surface area contributed by atoms with Crippen LogP contribution in [0.25, 0.3) is 0 Å². The first-order valence-corrected chi connectivity index (χ1v) is 9.06. The lowest BCUT2D eigenvalue weighted by Crippen LogP contribution is -2.28. The number of hydrogen-bond donors (Lipinski definition) is 5. The summed E-state index contributed by atoms with van der Waals surface area (Å²) < 4.78 is 0. The standard InChI is InChI=1S/C20H18N8O2/c21-20(30)12-5-1-2-6-13(12)22-16-9-10-17(26-25-16)23-14-7-3-4-8-15(14)24-18-11-19(29)28-27-18/h1-10H,11H2,(H2,21,30)(H,22,25)(H,23,26)(H,24,27)(H,28,29). The number of amides is 2. The molecule has 1 aliphatic heterocycles. The zero-order chi connectivity index (χ0) is 20.9. The molecule has 4 rings (SSSR count). The quantitative estimate of drug-likeness (QED) is 0.424. The van der Waals surface area contributed by atoms with Crippen LogP contribution in [0.2, 0.25) is 0 Å². The Hall–Kier alpha value is -4.47. The van der Waals surface area contributed by atoms with Crippen molar-refractivity contribution in [2.24, 2.45) is 10.7 Å². The number of nitrogens with two attached hydrogens (primary N) is 1. The smallest absolute Gasteiger partial charge is 0.250 e. The number of primary amides is 1. The lowest BCUT2D eigenvalue weighted by molar-refractivity contribution is -0.119. The van der Waals surface area contributed by atoms with Crippen molar-refractivity contribution in [1.82, 2.24) is 21.0 Å². The van der Waals surface area contributed by atoms with E-state index >= 15 is 0 Å². The van der Waals surface area contributed by atoms with Crippen molar-refractivity contribution in [3.63, 3.8) is 0 Å². The molecule has 2 amide bonds. The number of hydrazine groups is 1. The molecule has 6 N–H and O–H groups in total. The van der Waals surface area contributed by atoms with E-state index in [1.165, 1.54) is 0 Å². The Balaban J connectivity index is 1.50. The summed E-state index contributed by atoms with van der Waals surface area (Å²) in [7, 11) is 0. The number of carbonyl (C=O) groups is 2.